The molecule has 0 saturated carbocycles. The third-order valence-electron chi connectivity index (χ3n) is 7.19. The first-order valence-corrected chi connectivity index (χ1v) is 12.7. The van der Waals surface area contributed by atoms with E-state index in [1.54, 1.807) is 11.0 Å². The molecule has 2 atom stereocenters. The van der Waals surface area contributed by atoms with Crippen molar-refractivity contribution in [3.8, 4) is 11.4 Å². The zero-order valence-electron chi connectivity index (χ0n) is 21.6. The fourth-order valence-corrected chi connectivity index (χ4v) is 5.18. The van der Waals surface area contributed by atoms with Gasteiger partial charge in [0.25, 0.3) is 0 Å². The van der Waals surface area contributed by atoms with Crippen LogP contribution in [0.1, 0.15) is 36.7 Å². The first-order chi connectivity index (χ1) is 18.1. The number of halogens is 3. The summed E-state index contributed by atoms with van der Waals surface area (Å²) in [6.45, 7) is 6.86. The Morgan fingerprint density at radius 2 is 1.97 bits per heavy atom. The van der Waals surface area contributed by atoms with E-state index in [0.29, 0.717) is 40.3 Å². The molecular weight excluding hydrogens is 512 g/mol. The van der Waals surface area contributed by atoms with E-state index in [1.807, 2.05) is 50.9 Å². The fourth-order valence-electron chi connectivity index (χ4n) is 4.92. The van der Waals surface area contributed by atoms with Gasteiger partial charge in [-0.05, 0) is 57.6 Å². The van der Waals surface area contributed by atoms with Crippen LogP contribution in [0.2, 0.25) is 5.02 Å². The molecule has 0 radical (unpaired) electrons. The van der Waals surface area contributed by atoms with Crippen molar-refractivity contribution in [1.82, 2.24) is 24.6 Å². The maximum absolute atomic E-state index is 14.5. The lowest BCUT2D eigenvalue weighted by molar-refractivity contribution is -0.142. The SMILES string of the molecule is Cc1cc(-n2cc(F)cn2)c2cccc(OCc3c(Cl)cc(F)cc3[C@H](C)N3CCN(C)[C@@H](C)C3=O)c2n1. The molecule has 0 bridgehead atoms. The van der Waals surface area contributed by atoms with Crippen LogP contribution < -0.4 is 4.74 Å². The lowest BCUT2D eigenvalue weighted by Crippen LogP contribution is -2.54. The predicted molar refractivity (Wildman–Crippen MR) is 142 cm³/mol. The van der Waals surface area contributed by atoms with Gasteiger partial charge in [-0.2, -0.15) is 5.10 Å². The third-order valence-corrected chi connectivity index (χ3v) is 7.52. The molecule has 5 rings (SSSR count). The van der Waals surface area contributed by atoms with Crippen molar-refractivity contribution >= 4 is 28.4 Å². The molecule has 1 saturated heterocycles. The zero-order valence-corrected chi connectivity index (χ0v) is 22.3. The van der Waals surface area contributed by atoms with E-state index in [2.05, 4.69) is 10.1 Å². The minimum absolute atomic E-state index is 0.0187. The second-order valence-electron chi connectivity index (χ2n) is 9.65. The molecule has 3 heterocycles. The summed E-state index contributed by atoms with van der Waals surface area (Å²) in [5.74, 6) is -0.451. The van der Waals surface area contributed by atoms with Gasteiger partial charge in [-0.15, -0.1) is 0 Å². The highest BCUT2D eigenvalue weighted by Gasteiger charge is 2.33. The van der Waals surface area contributed by atoms with Gasteiger partial charge in [0.1, 0.15) is 23.7 Å². The van der Waals surface area contributed by atoms with E-state index in [-0.39, 0.29) is 23.6 Å². The summed E-state index contributed by atoms with van der Waals surface area (Å²) in [5.41, 5.74) is 3.14. The molecule has 2 aromatic carbocycles. The number of aryl methyl sites for hydroxylation is 1. The highest BCUT2D eigenvalue weighted by Crippen LogP contribution is 2.34. The number of hydrogen-bond acceptors (Lipinski definition) is 5. The van der Waals surface area contributed by atoms with Gasteiger partial charge in [0, 0.05) is 29.7 Å². The van der Waals surface area contributed by atoms with E-state index < -0.39 is 17.7 Å². The number of ether oxygens (including phenoxy) is 1. The minimum Gasteiger partial charge on any atom is -0.487 e. The van der Waals surface area contributed by atoms with Crippen molar-refractivity contribution in [2.75, 3.05) is 20.1 Å². The Kier molecular flexibility index (Phi) is 7.07. The molecule has 1 fully saturated rings. The summed E-state index contributed by atoms with van der Waals surface area (Å²) in [7, 11) is 1.91. The molecule has 1 aliphatic rings. The summed E-state index contributed by atoms with van der Waals surface area (Å²) in [4.78, 5) is 21.4. The Morgan fingerprint density at radius 1 is 1.18 bits per heavy atom. The molecular formula is C28H28ClF2N5O2. The molecule has 1 aliphatic heterocycles. The Balaban J connectivity index is 1.49. The van der Waals surface area contributed by atoms with E-state index >= 15 is 0 Å². The van der Waals surface area contributed by atoms with Gasteiger partial charge in [-0.3, -0.25) is 9.69 Å². The van der Waals surface area contributed by atoms with Gasteiger partial charge in [0.15, 0.2) is 5.82 Å². The highest BCUT2D eigenvalue weighted by atomic mass is 35.5. The van der Waals surface area contributed by atoms with Crippen LogP contribution in [-0.4, -0.2) is 56.7 Å². The predicted octanol–water partition coefficient (Wildman–Crippen LogP) is 5.46. The summed E-state index contributed by atoms with van der Waals surface area (Å²) in [6, 6.07) is 9.29. The first kappa shape index (κ1) is 26.1. The number of rotatable bonds is 6. The number of benzene rings is 2. The molecule has 0 unspecified atom stereocenters. The number of amides is 1. The largest absolute Gasteiger partial charge is 0.487 e. The summed E-state index contributed by atoms with van der Waals surface area (Å²) >= 11 is 6.53. The number of hydrogen-bond donors (Lipinski definition) is 0. The quantitative estimate of drug-likeness (QED) is 0.325. The van der Waals surface area contributed by atoms with E-state index in [4.69, 9.17) is 16.3 Å². The molecule has 0 N–H and O–H groups in total. The molecule has 4 aromatic rings. The topological polar surface area (TPSA) is 63.5 Å². The van der Waals surface area contributed by atoms with Gasteiger partial charge in [-0.1, -0.05) is 23.7 Å². The van der Waals surface area contributed by atoms with Crippen LogP contribution in [0.4, 0.5) is 8.78 Å². The van der Waals surface area contributed by atoms with E-state index in [1.165, 1.54) is 23.0 Å². The normalized spacial score (nSPS) is 17.3. The summed E-state index contributed by atoms with van der Waals surface area (Å²) in [6.07, 6.45) is 2.45. The number of nitrogens with zero attached hydrogens (tertiary/aromatic N) is 5. The van der Waals surface area contributed by atoms with Crippen molar-refractivity contribution in [3.63, 3.8) is 0 Å². The van der Waals surface area contributed by atoms with Crippen LogP contribution in [0.3, 0.4) is 0 Å². The Morgan fingerprint density at radius 3 is 2.71 bits per heavy atom. The van der Waals surface area contributed by atoms with Gasteiger partial charge in [0.05, 0.1) is 35.2 Å². The summed E-state index contributed by atoms with van der Waals surface area (Å²) in [5, 5.41) is 5.05. The number of para-hydroxylation sites is 1. The van der Waals surface area contributed by atoms with Gasteiger partial charge in [0.2, 0.25) is 5.91 Å². The summed E-state index contributed by atoms with van der Waals surface area (Å²) < 4.78 is 35.9. The number of carbonyl (C=O) groups is 1. The number of likely N-dealkylation sites (N-methyl/N-ethyl adjacent to an activating group) is 1. The minimum atomic E-state index is -0.478. The Labute approximate surface area is 224 Å². The molecule has 38 heavy (non-hydrogen) atoms. The van der Waals surface area contributed by atoms with Gasteiger partial charge < -0.3 is 9.64 Å². The Bertz CT molecular complexity index is 1520. The molecule has 10 heteroatoms. The fraction of sp³-hybridized carbons (Fsp3) is 0.321. The molecule has 2 aromatic heterocycles. The van der Waals surface area contributed by atoms with Crippen molar-refractivity contribution in [2.24, 2.45) is 0 Å². The number of fused-ring (bicyclic) bond motifs is 1. The lowest BCUT2D eigenvalue weighted by atomic mass is 9.98. The zero-order chi connectivity index (χ0) is 27.1. The van der Waals surface area contributed by atoms with Crippen molar-refractivity contribution < 1.29 is 18.3 Å². The van der Waals surface area contributed by atoms with Crippen LogP contribution >= 0.6 is 11.6 Å². The van der Waals surface area contributed by atoms with Crippen LogP contribution in [0.5, 0.6) is 5.75 Å². The molecule has 1 amide bonds. The highest BCUT2D eigenvalue weighted by molar-refractivity contribution is 6.31. The van der Waals surface area contributed by atoms with Gasteiger partial charge >= 0.3 is 0 Å². The van der Waals surface area contributed by atoms with E-state index in [9.17, 15) is 13.6 Å². The van der Waals surface area contributed by atoms with Gasteiger partial charge in [-0.25, -0.2) is 18.4 Å². The second kappa shape index (κ2) is 10.3. The second-order valence-corrected chi connectivity index (χ2v) is 10.1. The number of pyridine rings is 1. The number of piperazine rings is 1. The standard InChI is InChI=1S/C28H28ClF2N5O2/c1-16-10-25(36-14-20(31)13-32-36)21-6-5-7-26(27(21)33-16)38-15-23-22(11-19(30)12-24(23)29)17(2)35-9-8-34(4)18(3)28(35)37/h5-7,10-14,17-18H,8-9,15H2,1-4H3/t17-,18-/m0/s1. The lowest BCUT2D eigenvalue weighted by Gasteiger charge is -2.40. The van der Waals surface area contributed by atoms with Crippen molar-refractivity contribution in [1.29, 1.82) is 0 Å². The number of aromatic nitrogens is 3. The smallest absolute Gasteiger partial charge is 0.240 e. The Hall–Kier alpha value is -3.56. The molecule has 0 aliphatic carbocycles. The van der Waals surface area contributed by atoms with Crippen molar-refractivity contribution in [2.45, 2.75) is 39.5 Å². The molecule has 198 valence electrons. The third kappa shape index (κ3) is 4.83. The monoisotopic (exact) mass is 539 g/mol. The van der Waals surface area contributed by atoms with E-state index in [0.717, 1.165) is 18.1 Å². The van der Waals surface area contributed by atoms with Crippen LogP contribution in [0, 0.1) is 18.6 Å². The van der Waals surface area contributed by atoms with Crippen LogP contribution in [-0.2, 0) is 11.4 Å². The number of carbonyl (C=O) groups excluding carboxylic acids is 1. The average Bonchev–Trinajstić information content (AvgIpc) is 3.31. The average molecular weight is 540 g/mol. The van der Waals surface area contributed by atoms with Crippen LogP contribution in [0.25, 0.3) is 16.6 Å². The van der Waals surface area contributed by atoms with Crippen LogP contribution in [0.15, 0.2) is 48.8 Å². The first-order valence-electron chi connectivity index (χ1n) is 12.4. The maximum Gasteiger partial charge on any atom is 0.240 e. The maximum atomic E-state index is 14.5. The molecule has 0 spiro atoms. The molecule has 7 nitrogen and oxygen atoms in total. The van der Waals surface area contributed by atoms with Crippen molar-refractivity contribution in [3.05, 3.63) is 82.3 Å².